The third-order valence-corrected chi connectivity index (χ3v) is 2.60. The lowest BCUT2D eigenvalue weighted by Crippen LogP contribution is -2.15. The summed E-state index contributed by atoms with van der Waals surface area (Å²) in [6.07, 6.45) is 2.00. The van der Waals surface area contributed by atoms with Gasteiger partial charge in [-0.1, -0.05) is 12.1 Å². The van der Waals surface area contributed by atoms with Crippen molar-refractivity contribution in [3.63, 3.8) is 0 Å². The first kappa shape index (κ1) is 12.1. The van der Waals surface area contributed by atoms with Gasteiger partial charge in [0.05, 0.1) is 17.8 Å². The number of aromatic nitrogens is 1. The number of carbonyl (C=O) groups excluding carboxylic acids is 1. The molecule has 92 valence electrons. The number of nitrogens with one attached hydrogen (secondary N) is 1. The average molecular weight is 241 g/mol. The van der Waals surface area contributed by atoms with Crippen molar-refractivity contribution >= 4 is 17.3 Å². The van der Waals surface area contributed by atoms with Crippen LogP contribution in [0.2, 0.25) is 0 Å². The number of nitrogen functional groups attached to an aromatic ring is 1. The van der Waals surface area contributed by atoms with E-state index in [1.165, 1.54) is 0 Å². The molecule has 0 fully saturated rings. The Kier molecular flexibility index (Phi) is 3.57. The molecule has 1 aromatic carbocycles. The Balaban J connectivity index is 2.03. The van der Waals surface area contributed by atoms with Crippen molar-refractivity contribution < 1.29 is 4.79 Å². The number of hydrogen-bond donors (Lipinski definition) is 2. The molecular weight excluding hydrogens is 226 g/mol. The second-order valence-electron chi connectivity index (χ2n) is 4.11. The molecule has 4 nitrogen and oxygen atoms in total. The molecule has 0 aliphatic heterocycles. The number of amides is 1. The van der Waals surface area contributed by atoms with Crippen molar-refractivity contribution in [1.29, 1.82) is 0 Å². The van der Waals surface area contributed by atoms with Gasteiger partial charge in [-0.05, 0) is 36.8 Å². The minimum atomic E-state index is -0.0725. The van der Waals surface area contributed by atoms with E-state index in [-0.39, 0.29) is 5.91 Å². The summed E-state index contributed by atoms with van der Waals surface area (Å²) in [6, 6.07) is 10.9. The molecule has 0 saturated carbocycles. The maximum Gasteiger partial charge on any atom is 0.228 e. The topological polar surface area (TPSA) is 68.0 Å². The maximum atomic E-state index is 11.9. The fourth-order valence-corrected chi connectivity index (χ4v) is 1.70. The standard InChI is InChI=1S/C14H15N3O/c1-10-13(6-3-7-16-10)17-14(18)9-11-4-2-5-12(15)8-11/h2-8H,9,15H2,1H3,(H,17,18). The van der Waals surface area contributed by atoms with Crippen LogP contribution in [0.5, 0.6) is 0 Å². The summed E-state index contributed by atoms with van der Waals surface area (Å²) >= 11 is 0. The Labute approximate surface area is 106 Å². The van der Waals surface area contributed by atoms with Gasteiger partial charge in [0, 0.05) is 11.9 Å². The highest BCUT2D eigenvalue weighted by atomic mass is 16.1. The number of carbonyl (C=O) groups is 1. The molecule has 2 rings (SSSR count). The zero-order valence-electron chi connectivity index (χ0n) is 10.2. The first-order valence-corrected chi connectivity index (χ1v) is 5.71. The van der Waals surface area contributed by atoms with Crippen LogP contribution in [0.4, 0.5) is 11.4 Å². The normalized spacial score (nSPS) is 10.1. The third-order valence-electron chi connectivity index (χ3n) is 2.60. The average Bonchev–Trinajstić information content (AvgIpc) is 2.32. The summed E-state index contributed by atoms with van der Waals surface area (Å²) in [5, 5.41) is 2.84. The molecule has 3 N–H and O–H groups in total. The lowest BCUT2D eigenvalue weighted by molar-refractivity contribution is -0.115. The fourth-order valence-electron chi connectivity index (χ4n) is 1.70. The molecule has 1 heterocycles. The van der Waals surface area contributed by atoms with Crippen molar-refractivity contribution in [2.45, 2.75) is 13.3 Å². The number of pyridine rings is 1. The van der Waals surface area contributed by atoms with E-state index in [1.54, 1.807) is 24.4 Å². The molecule has 0 saturated heterocycles. The molecule has 1 aromatic heterocycles. The van der Waals surface area contributed by atoms with Gasteiger partial charge < -0.3 is 11.1 Å². The van der Waals surface area contributed by atoms with E-state index in [4.69, 9.17) is 5.73 Å². The second kappa shape index (κ2) is 5.31. The van der Waals surface area contributed by atoms with Crippen molar-refractivity contribution in [3.05, 3.63) is 53.9 Å². The molecule has 4 heteroatoms. The number of aryl methyl sites for hydroxylation is 1. The molecule has 2 aromatic rings. The van der Waals surface area contributed by atoms with Crippen molar-refractivity contribution in [1.82, 2.24) is 4.98 Å². The van der Waals surface area contributed by atoms with E-state index < -0.39 is 0 Å². The van der Waals surface area contributed by atoms with Crippen molar-refractivity contribution in [2.24, 2.45) is 0 Å². The Morgan fingerprint density at radius 3 is 2.89 bits per heavy atom. The number of benzene rings is 1. The highest BCUT2D eigenvalue weighted by molar-refractivity contribution is 5.92. The molecule has 18 heavy (non-hydrogen) atoms. The summed E-state index contributed by atoms with van der Waals surface area (Å²) in [7, 11) is 0. The predicted octanol–water partition coefficient (Wildman–Crippen LogP) is 2.15. The quantitative estimate of drug-likeness (QED) is 0.809. The van der Waals surface area contributed by atoms with Gasteiger partial charge in [-0.3, -0.25) is 9.78 Å². The lowest BCUT2D eigenvalue weighted by Gasteiger charge is -2.07. The van der Waals surface area contributed by atoms with Gasteiger partial charge in [-0.15, -0.1) is 0 Å². The van der Waals surface area contributed by atoms with Crippen molar-refractivity contribution in [2.75, 3.05) is 11.1 Å². The number of anilines is 2. The summed E-state index contributed by atoms with van der Waals surface area (Å²) in [6.45, 7) is 1.86. The van der Waals surface area contributed by atoms with E-state index in [0.29, 0.717) is 12.1 Å². The molecule has 0 aliphatic carbocycles. The Hall–Kier alpha value is -2.36. The first-order chi connectivity index (χ1) is 8.65. The Morgan fingerprint density at radius 2 is 2.17 bits per heavy atom. The van der Waals surface area contributed by atoms with Crippen LogP contribution in [0.25, 0.3) is 0 Å². The number of nitrogens with zero attached hydrogens (tertiary/aromatic N) is 1. The summed E-state index contributed by atoms with van der Waals surface area (Å²) in [5.74, 6) is -0.0725. The maximum absolute atomic E-state index is 11.9. The van der Waals surface area contributed by atoms with Crippen LogP contribution in [-0.2, 0) is 11.2 Å². The Bertz CT molecular complexity index is 566. The molecular formula is C14H15N3O. The molecule has 0 radical (unpaired) electrons. The minimum absolute atomic E-state index is 0.0725. The van der Waals surface area contributed by atoms with Gasteiger partial charge in [0.1, 0.15) is 0 Å². The minimum Gasteiger partial charge on any atom is -0.399 e. The van der Waals surface area contributed by atoms with E-state index in [9.17, 15) is 4.79 Å². The van der Waals surface area contributed by atoms with Crippen LogP contribution in [-0.4, -0.2) is 10.9 Å². The highest BCUT2D eigenvalue weighted by Crippen LogP contribution is 2.12. The van der Waals surface area contributed by atoms with Crippen LogP contribution in [0.3, 0.4) is 0 Å². The number of nitrogens with two attached hydrogens (primary N) is 1. The Morgan fingerprint density at radius 1 is 1.33 bits per heavy atom. The zero-order chi connectivity index (χ0) is 13.0. The van der Waals surface area contributed by atoms with Gasteiger partial charge in [-0.25, -0.2) is 0 Å². The molecule has 1 amide bonds. The molecule has 0 bridgehead atoms. The predicted molar refractivity (Wildman–Crippen MR) is 72.2 cm³/mol. The molecule has 0 aliphatic rings. The van der Waals surface area contributed by atoms with Gasteiger partial charge in [0.2, 0.25) is 5.91 Å². The van der Waals surface area contributed by atoms with Crippen LogP contribution in [0.1, 0.15) is 11.3 Å². The lowest BCUT2D eigenvalue weighted by atomic mass is 10.1. The molecule has 0 spiro atoms. The zero-order valence-corrected chi connectivity index (χ0v) is 10.2. The summed E-state index contributed by atoms with van der Waals surface area (Å²) < 4.78 is 0. The molecule has 0 unspecified atom stereocenters. The van der Waals surface area contributed by atoms with Gasteiger partial charge in [0.15, 0.2) is 0 Å². The number of rotatable bonds is 3. The first-order valence-electron chi connectivity index (χ1n) is 5.71. The molecule has 0 atom stereocenters. The van der Waals surface area contributed by atoms with Gasteiger partial charge in [0.25, 0.3) is 0 Å². The third kappa shape index (κ3) is 3.07. The highest BCUT2D eigenvalue weighted by Gasteiger charge is 2.06. The second-order valence-corrected chi connectivity index (χ2v) is 4.11. The van der Waals surface area contributed by atoms with E-state index in [2.05, 4.69) is 10.3 Å². The summed E-state index contributed by atoms with van der Waals surface area (Å²) in [5.41, 5.74) is 8.78. The monoisotopic (exact) mass is 241 g/mol. The SMILES string of the molecule is Cc1ncccc1NC(=O)Cc1cccc(N)c1. The van der Waals surface area contributed by atoms with Crippen LogP contribution in [0, 0.1) is 6.92 Å². The largest absolute Gasteiger partial charge is 0.399 e. The van der Waals surface area contributed by atoms with E-state index >= 15 is 0 Å². The van der Waals surface area contributed by atoms with Crippen LogP contribution >= 0.6 is 0 Å². The van der Waals surface area contributed by atoms with Gasteiger partial charge >= 0.3 is 0 Å². The van der Waals surface area contributed by atoms with Crippen LogP contribution < -0.4 is 11.1 Å². The summed E-state index contributed by atoms with van der Waals surface area (Å²) in [4.78, 5) is 16.0. The van der Waals surface area contributed by atoms with Crippen molar-refractivity contribution in [3.8, 4) is 0 Å². The fraction of sp³-hybridized carbons (Fsp3) is 0.143. The van der Waals surface area contributed by atoms with Gasteiger partial charge in [-0.2, -0.15) is 0 Å². The van der Waals surface area contributed by atoms with E-state index in [0.717, 1.165) is 16.9 Å². The number of hydrogen-bond acceptors (Lipinski definition) is 3. The van der Waals surface area contributed by atoms with Crippen LogP contribution in [0.15, 0.2) is 42.6 Å². The smallest absolute Gasteiger partial charge is 0.228 e. The van der Waals surface area contributed by atoms with E-state index in [1.807, 2.05) is 25.1 Å².